The zero-order valence-electron chi connectivity index (χ0n) is 20.1. The molecule has 35 heavy (non-hydrogen) atoms. The number of nitrogens with zero attached hydrogens (tertiary/aromatic N) is 2. The van der Waals surface area contributed by atoms with Crippen molar-refractivity contribution in [1.29, 1.82) is 0 Å². The molecule has 2 N–H and O–H groups in total. The Hall–Kier alpha value is -3.13. The molecule has 3 aliphatic heterocycles. The van der Waals surface area contributed by atoms with E-state index in [2.05, 4.69) is 82.0 Å². The zero-order chi connectivity index (χ0) is 23.8. The topological polar surface area (TPSA) is 66.1 Å². The fourth-order valence-electron chi connectivity index (χ4n) is 5.53. The SMILES string of the molecule is CC1NC(N2CCN(Cc3ccc4c(c3)OCO4)CC2)NC(=O)C1Cc1cccc2ccccc12. The van der Waals surface area contributed by atoms with Crippen molar-refractivity contribution in [2.45, 2.75) is 32.2 Å². The minimum absolute atomic E-state index is 0.0932. The smallest absolute Gasteiger partial charge is 0.231 e. The van der Waals surface area contributed by atoms with E-state index in [0.29, 0.717) is 6.79 Å². The highest BCUT2D eigenvalue weighted by molar-refractivity contribution is 5.87. The Kier molecular flexibility index (Phi) is 6.06. The van der Waals surface area contributed by atoms with Crippen molar-refractivity contribution >= 4 is 16.7 Å². The molecule has 3 aromatic carbocycles. The van der Waals surface area contributed by atoms with Gasteiger partial charge in [-0.15, -0.1) is 0 Å². The van der Waals surface area contributed by atoms with Crippen molar-refractivity contribution in [3.05, 3.63) is 71.8 Å². The summed E-state index contributed by atoms with van der Waals surface area (Å²) in [7, 11) is 0. The van der Waals surface area contributed by atoms with Gasteiger partial charge in [-0.05, 0) is 47.4 Å². The van der Waals surface area contributed by atoms with Gasteiger partial charge in [0.05, 0.1) is 5.92 Å². The second-order valence-corrected chi connectivity index (χ2v) is 9.82. The Balaban J connectivity index is 1.05. The number of hydrogen-bond acceptors (Lipinski definition) is 6. The van der Waals surface area contributed by atoms with Crippen LogP contribution in [0.3, 0.4) is 0 Å². The number of hydrogen-bond donors (Lipinski definition) is 2. The van der Waals surface area contributed by atoms with Gasteiger partial charge in [-0.25, -0.2) is 0 Å². The molecular formula is C28H32N4O3. The lowest BCUT2D eigenvalue weighted by molar-refractivity contribution is -0.132. The summed E-state index contributed by atoms with van der Waals surface area (Å²) in [5, 5.41) is 9.38. The number of rotatable bonds is 5. The molecule has 0 spiro atoms. The van der Waals surface area contributed by atoms with E-state index in [1.165, 1.54) is 21.9 Å². The molecule has 0 bridgehead atoms. The third-order valence-electron chi connectivity index (χ3n) is 7.58. The number of fused-ring (bicyclic) bond motifs is 2. The third kappa shape index (κ3) is 4.59. The number of ether oxygens (including phenoxy) is 2. The van der Waals surface area contributed by atoms with Crippen molar-refractivity contribution in [1.82, 2.24) is 20.4 Å². The highest BCUT2D eigenvalue weighted by Crippen LogP contribution is 2.33. The summed E-state index contributed by atoms with van der Waals surface area (Å²) in [6, 6.07) is 21.0. The Morgan fingerprint density at radius 2 is 1.74 bits per heavy atom. The van der Waals surface area contributed by atoms with Gasteiger partial charge < -0.3 is 14.8 Å². The molecule has 2 fully saturated rings. The van der Waals surface area contributed by atoms with Crippen LogP contribution < -0.4 is 20.1 Å². The Morgan fingerprint density at radius 1 is 0.943 bits per heavy atom. The van der Waals surface area contributed by atoms with E-state index in [1.54, 1.807) is 0 Å². The number of amides is 1. The van der Waals surface area contributed by atoms with Crippen LogP contribution in [0.4, 0.5) is 0 Å². The van der Waals surface area contributed by atoms with Crippen molar-refractivity contribution < 1.29 is 14.3 Å². The fraction of sp³-hybridized carbons (Fsp3) is 0.393. The van der Waals surface area contributed by atoms with Crippen LogP contribution in [0.15, 0.2) is 60.7 Å². The molecule has 7 nitrogen and oxygen atoms in total. The summed E-state index contributed by atoms with van der Waals surface area (Å²) in [6.07, 6.45) is 0.617. The predicted octanol–water partition coefficient (Wildman–Crippen LogP) is 2.94. The van der Waals surface area contributed by atoms with E-state index in [-0.39, 0.29) is 24.2 Å². The molecule has 6 rings (SSSR count). The minimum atomic E-state index is -0.117. The summed E-state index contributed by atoms with van der Waals surface area (Å²) >= 11 is 0. The van der Waals surface area contributed by atoms with Gasteiger partial charge >= 0.3 is 0 Å². The average molecular weight is 473 g/mol. The molecule has 0 aliphatic carbocycles. The fourth-order valence-corrected chi connectivity index (χ4v) is 5.53. The van der Waals surface area contributed by atoms with Gasteiger partial charge in [-0.2, -0.15) is 0 Å². The van der Waals surface area contributed by atoms with Gasteiger partial charge in [0.1, 0.15) is 6.29 Å². The van der Waals surface area contributed by atoms with Crippen molar-refractivity contribution in [2.75, 3.05) is 33.0 Å². The summed E-state index contributed by atoms with van der Waals surface area (Å²) < 4.78 is 10.9. The van der Waals surface area contributed by atoms with Crippen LogP contribution in [0.2, 0.25) is 0 Å². The molecule has 3 atom stereocenters. The largest absolute Gasteiger partial charge is 0.454 e. The maximum atomic E-state index is 13.2. The number of carbonyl (C=O) groups is 1. The third-order valence-corrected chi connectivity index (χ3v) is 7.58. The zero-order valence-corrected chi connectivity index (χ0v) is 20.1. The van der Waals surface area contributed by atoms with E-state index >= 15 is 0 Å². The number of piperazine rings is 1. The second-order valence-electron chi connectivity index (χ2n) is 9.82. The van der Waals surface area contributed by atoms with Crippen LogP contribution in [-0.2, 0) is 17.8 Å². The highest BCUT2D eigenvalue weighted by atomic mass is 16.7. The van der Waals surface area contributed by atoms with Crippen LogP contribution in [-0.4, -0.2) is 61.0 Å². The first-order valence-electron chi connectivity index (χ1n) is 12.5. The number of carbonyl (C=O) groups excluding carboxylic acids is 1. The van der Waals surface area contributed by atoms with E-state index in [1.807, 2.05) is 6.07 Å². The summed E-state index contributed by atoms with van der Waals surface area (Å²) in [5.41, 5.74) is 2.46. The Bertz CT molecular complexity index is 1220. The molecule has 3 aliphatic rings. The molecule has 1 amide bonds. The first-order chi connectivity index (χ1) is 17.1. The van der Waals surface area contributed by atoms with Crippen LogP contribution >= 0.6 is 0 Å². The monoisotopic (exact) mass is 472 g/mol. The predicted molar refractivity (Wildman–Crippen MR) is 135 cm³/mol. The van der Waals surface area contributed by atoms with E-state index in [0.717, 1.165) is 50.6 Å². The van der Waals surface area contributed by atoms with Crippen LogP contribution in [0.1, 0.15) is 18.1 Å². The van der Waals surface area contributed by atoms with Crippen LogP contribution in [0, 0.1) is 5.92 Å². The molecular weight excluding hydrogens is 440 g/mol. The first-order valence-corrected chi connectivity index (χ1v) is 12.5. The lowest BCUT2D eigenvalue weighted by atomic mass is 9.88. The molecule has 0 aromatic heterocycles. The molecule has 3 aromatic rings. The Labute approximate surface area is 206 Å². The molecule has 7 heteroatoms. The second kappa shape index (κ2) is 9.49. The molecule has 3 unspecified atom stereocenters. The Morgan fingerprint density at radius 3 is 2.60 bits per heavy atom. The summed E-state index contributed by atoms with van der Waals surface area (Å²) in [6.45, 7) is 7.05. The molecule has 0 radical (unpaired) electrons. The van der Waals surface area contributed by atoms with Gasteiger partial charge in [0.25, 0.3) is 0 Å². The van der Waals surface area contributed by atoms with Crippen molar-refractivity contribution in [3.8, 4) is 11.5 Å². The van der Waals surface area contributed by atoms with Crippen LogP contribution in [0.5, 0.6) is 11.5 Å². The number of nitrogens with one attached hydrogen (secondary N) is 2. The first kappa shape index (κ1) is 22.3. The maximum absolute atomic E-state index is 13.2. The van der Waals surface area contributed by atoms with Crippen molar-refractivity contribution in [2.24, 2.45) is 5.92 Å². The molecule has 182 valence electrons. The van der Waals surface area contributed by atoms with Crippen molar-refractivity contribution in [3.63, 3.8) is 0 Å². The summed E-state index contributed by atoms with van der Waals surface area (Å²) in [4.78, 5) is 18.0. The van der Waals surface area contributed by atoms with Crippen LogP contribution in [0.25, 0.3) is 10.8 Å². The highest BCUT2D eigenvalue weighted by Gasteiger charge is 2.36. The van der Waals surface area contributed by atoms with Gasteiger partial charge in [0.15, 0.2) is 11.5 Å². The molecule has 3 heterocycles. The normalized spacial score (nSPS) is 25.1. The lowest BCUT2D eigenvalue weighted by Gasteiger charge is -2.44. The quantitative estimate of drug-likeness (QED) is 0.595. The van der Waals surface area contributed by atoms with Gasteiger partial charge in [-0.1, -0.05) is 48.5 Å². The van der Waals surface area contributed by atoms with Gasteiger partial charge in [0.2, 0.25) is 12.7 Å². The standard InChI is InChI=1S/C28H32N4O3/c1-19-24(16-22-7-4-6-21-5-2-3-8-23(21)22)27(33)30-28(29-19)32-13-11-31(12-14-32)17-20-9-10-25-26(15-20)35-18-34-25/h2-10,15,19,24,28-29H,11-14,16-18H2,1H3,(H,30,33). The van der Waals surface area contributed by atoms with Gasteiger partial charge in [-0.3, -0.25) is 19.9 Å². The minimum Gasteiger partial charge on any atom is -0.454 e. The molecule has 2 saturated heterocycles. The molecule has 0 saturated carbocycles. The number of benzene rings is 3. The van der Waals surface area contributed by atoms with E-state index in [9.17, 15) is 4.79 Å². The van der Waals surface area contributed by atoms with E-state index < -0.39 is 0 Å². The average Bonchev–Trinajstić information content (AvgIpc) is 3.35. The summed E-state index contributed by atoms with van der Waals surface area (Å²) in [5.74, 6) is 1.70. The lowest BCUT2D eigenvalue weighted by Crippen LogP contribution is -2.68. The van der Waals surface area contributed by atoms with E-state index in [4.69, 9.17) is 9.47 Å². The van der Waals surface area contributed by atoms with Gasteiger partial charge in [0, 0.05) is 38.8 Å². The maximum Gasteiger partial charge on any atom is 0.231 e.